The Morgan fingerprint density at radius 3 is 2.03 bits per heavy atom. The Hall–Kier alpha value is -3.23. The highest BCUT2D eigenvalue weighted by molar-refractivity contribution is 7.89. The SMILES string of the molecule is O=C([C@@H]1CC[C@H](c2ccc(F)cc2)N(S(=O)(=O)c2ccccc2)C1)N1CCN(c2ccccc2)CC1. The van der Waals surface area contributed by atoms with Gasteiger partial charge in [-0.15, -0.1) is 0 Å². The van der Waals surface area contributed by atoms with Crippen molar-refractivity contribution in [3.8, 4) is 0 Å². The van der Waals surface area contributed by atoms with Crippen LogP contribution in [0.25, 0.3) is 0 Å². The van der Waals surface area contributed by atoms with E-state index in [0.29, 0.717) is 25.9 Å². The predicted octanol–water partition coefficient (Wildman–Crippen LogP) is 4.32. The van der Waals surface area contributed by atoms with Crippen molar-refractivity contribution in [2.45, 2.75) is 23.8 Å². The van der Waals surface area contributed by atoms with Crippen molar-refractivity contribution < 1.29 is 17.6 Å². The van der Waals surface area contributed by atoms with E-state index in [4.69, 9.17) is 0 Å². The Morgan fingerprint density at radius 1 is 0.778 bits per heavy atom. The Morgan fingerprint density at radius 2 is 1.39 bits per heavy atom. The molecule has 0 radical (unpaired) electrons. The number of hydrogen-bond donors (Lipinski definition) is 0. The minimum absolute atomic E-state index is 0.00790. The van der Waals surface area contributed by atoms with Crippen molar-refractivity contribution >= 4 is 21.6 Å². The molecule has 0 unspecified atom stereocenters. The van der Waals surface area contributed by atoms with Crippen molar-refractivity contribution in [3.63, 3.8) is 0 Å². The molecule has 2 aliphatic rings. The number of anilines is 1. The van der Waals surface area contributed by atoms with Crippen LogP contribution >= 0.6 is 0 Å². The highest BCUT2D eigenvalue weighted by Gasteiger charge is 2.41. The average Bonchev–Trinajstić information content (AvgIpc) is 2.94. The molecule has 3 aromatic carbocycles. The van der Waals surface area contributed by atoms with Crippen LogP contribution < -0.4 is 4.90 Å². The van der Waals surface area contributed by atoms with Gasteiger partial charge in [0.05, 0.1) is 16.9 Å². The third kappa shape index (κ3) is 5.01. The van der Waals surface area contributed by atoms with E-state index < -0.39 is 22.0 Å². The van der Waals surface area contributed by atoms with Gasteiger partial charge in [-0.2, -0.15) is 4.31 Å². The van der Waals surface area contributed by atoms with Crippen LogP contribution in [0.15, 0.2) is 89.8 Å². The summed E-state index contributed by atoms with van der Waals surface area (Å²) in [5.41, 5.74) is 1.88. The van der Waals surface area contributed by atoms with Crippen LogP contribution in [0.2, 0.25) is 0 Å². The van der Waals surface area contributed by atoms with Crippen molar-refractivity contribution in [2.75, 3.05) is 37.6 Å². The Bertz CT molecular complexity index is 1280. The number of carbonyl (C=O) groups is 1. The highest BCUT2D eigenvalue weighted by atomic mass is 32.2. The molecule has 2 fully saturated rings. The minimum Gasteiger partial charge on any atom is -0.368 e. The highest BCUT2D eigenvalue weighted by Crippen LogP contribution is 2.38. The molecular weight excluding hydrogens is 477 g/mol. The molecule has 1 amide bonds. The van der Waals surface area contributed by atoms with Crippen LogP contribution in [0.5, 0.6) is 0 Å². The number of amides is 1. The van der Waals surface area contributed by atoms with Crippen LogP contribution in [-0.4, -0.2) is 56.3 Å². The first-order valence-corrected chi connectivity index (χ1v) is 13.8. The molecule has 36 heavy (non-hydrogen) atoms. The number of hydrogen-bond acceptors (Lipinski definition) is 4. The first-order chi connectivity index (χ1) is 17.4. The molecular formula is C28H30FN3O3S. The van der Waals surface area contributed by atoms with E-state index in [-0.39, 0.29) is 23.2 Å². The summed E-state index contributed by atoms with van der Waals surface area (Å²) in [7, 11) is -3.85. The van der Waals surface area contributed by atoms with Gasteiger partial charge < -0.3 is 9.80 Å². The normalized spacial score (nSPS) is 21.4. The summed E-state index contributed by atoms with van der Waals surface area (Å²) in [6.07, 6.45) is 1.08. The molecule has 2 saturated heterocycles. The van der Waals surface area contributed by atoms with Crippen LogP contribution in [0, 0.1) is 11.7 Å². The van der Waals surface area contributed by atoms with Gasteiger partial charge in [0.2, 0.25) is 15.9 Å². The molecule has 0 aromatic heterocycles. The zero-order chi connectivity index (χ0) is 25.1. The zero-order valence-electron chi connectivity index (χ0n) is 20.0. The summed E-state index contributed by atoms with van der Waals surface area (Å²) in [6.45, 7) is 2.81. The topological polar surface area (TPSA) is 60.9 Å². The van der Waals surface area contributed by atoms with Crippen LogP contribution in [0.3, 0.4) is 0 Å². The molecule has 0 bridgehead atoms. The summed E-state index contributed by atoms with van der Waals surface area (Å²) in [6, 6.07) is 24.0. The Balaban J connectivity index is 1.35. The van der Waals surface area contributed by atoms with E-state index in [0.717, 1.165) is 24.3 Å². The number of halogens is 1. The summed E-state index contributed by atoms with van der Waals surface area (Å²) in [5.74, 6) is -0.772. The quantitative estimate of drug-likeness (QED) is 0.516. The lowest BCUT2D eigenvalue weighted by molar-refractivity contribution is -0.137. The lowest BCUT2D eigenvalue weighted by Crippen LogP contribution is -2.53. The van der Waals surface area contributed by atoms with E-state index in [1.165, 1.54) is 16.4 Å². The molecule has 5 rings (SSSR count). The second kappa shape index (κ2) is 10.4. The molecule has 0 spiro atoms. The number of nitrogens with zero attached hydrogens (tertiary/aromatic N) is 3. The monoisotopic (exact) mass is 507 g/mol. The average molecular weight is 508 g/mol. The summed E-state index contributed by atoms with van der Waals surface area (Å²) >= 11 is 0. The van der Waals surface area contributed by atoms with Gasteiger partial charge in [0.1, 0.15) is 5.82 Å². The van der Waals surface area contributed by atoms with E-state index >= 15 is 0 Å². The van der Waals surface area contributed by atoms with E-state index in [2.05, 4.69) is 17.0 Å². The molecule has 188 valence electrons. The maximum atomic E-state index is 13.7. The second-order valence-electron chi connectivity index (χ2n) is 9.38. The van der Waals surface area contributed by atoms with Gasteiger partial charge in [-0.3, -0.25) is 4.79 Å². The maximum absolute atomic E-state index is 13.7. The van der Waals surface area contributed by atoms with E-state index in [9.17, 15) is 17.6 Å². The van der Waals surface area contributed by atoms with Crippen molar-refractivity contribution in [1.29, 1.82) is 0 Å². The Labute approximate surface area is 212 Å². The number of piperidine rings is 1. The number of piperazine rings is 1. The van der Waals surface area contributed by atoms with Crippen molar-refractivity contribution in [2.24, 2.45) is 5.92 Å². The third-order valence-electron chi connectivity index (χ3n) is 7.20. The molecule has 0 aliphatic carbocycles. The molecule has 8 heteroatoms. The third-order valence-corrected chi connectivity index (χ3v) is 9.09. The lowest BCUT2D eigenvalue weighted by atomic mass is 9.90. The van der Waals surface area contributed by atoms with Gasteiger partial charge in [-0.25, -0.2) is 12.8 Å². The standard InChI is InChI=1S/C28H30FN3O3S/c29-24-14-11-22(12-15-24)27-16-13-23(21-32(27)36(34,35)26-9-5-2-6-10-26)28(33)31-19-17-30(18-20-31)25-7-3-1-4-8-25/h1-12,14-15,23,27H,13,16-21H2/t23-,27-/m1/s1. The lowest BCUT2D eigenvalue weighted by Gasteiger charge is -2.42. The van der Waals surface area contributed by atoms with Gasteiger partial charge >= 0.3 is 0 Å². The molecule has 2 aliphatic heterocycles. The summed E-state index contributed by atoms with van der Waals surface area (Å²) in [5, 5.41) is 0. The summed E-state index contributed by atoms with van der Waals surface area (Å²) in [4.78, 5) is 17.9. The molecule has 3 aromatic rings. The number of rotatable bonds is 5. The first-order valence-electron chi connectivity index (χ1n) is 12.3. The van der Waals surface area contributed by atoms with Crippen LogP contribution in [-0.2, 0) is 14.8 Å². The predicted molar refractivity (Wildman–Crippen MR) is 137 cm³/mol. The van der Waals surface area contributed by atoms with Crippen LogP contribution in [0.4, 0.5) is 10.1 Å². The maximum Gasteiger partial charge on any atom is 0.243 e. The summed E-state index contributed by atoms with van der Waals surface area (Å²) < 4.78 is 42.4. The zero-order valence-corrected chi connectivity index (χ0v) is 20.9. The largest absolute Gasteiger partial charge is 0.368 e. The molecule has 2 heterocycles. The first kappa shape index (κ1) is 24.5. The second-order valence-corrected chi connectivity index (χ2v) is 11.3. The minimum atomic E-state index is -3.85. The molecule has 6 nitrogen and oxygen atoms in total. The smallest absolute Gasteiger partial charge is 0.243 e. The number of carbonyl (C=O) groups excluding carboxylic acids is 1. The fourth-order valence-electron chi connectivity index (χ4n) is 5.23. The van der Waals surface area contributed by atoms with Crippen molar-refractivity contribution in [1.82, 2.24) is 9.21 Å². The number of sulfonamides is 1. The van der Waals surface area contributed by atoms with Gasteiger partial charge in [-0.1, -0.05) is 48.5 Å². The molecule has 2 atom stereocenters. The van der Waals surface area contributed by atoms with Gasteiger partial charge in [0, 0.05) is 38.4 Å². The van der Waals surface area contributed by atoms with E-state index in [1.54, 1.807) is 42.5 Å². The Kier molecular flexibility index (Phi) is 7.07. The van der Waals surface area contributed by atoms with Gasteiger partial charge in [-0.05, 0) is 54.8 Å². The van der Waals surface area contributed by atoms with Crippen molar-refractivity contribution in [3.05, 3.63) is 96.3 Å². The van der Waals surface area contributed by atoms with E-state index in [1.807, 2.05) is 23.1 Å². The van der Waals surface area contributed by atoms with Gasteiger partial charge in [0.15, 0.2) is 0 Å². The molecule has 0 N–H and O–H groups in total. The fraction of sp³-hybridized carbons (Fsp3) is 0.321. The number of benzene rings is 3. The molecule has 0 saturated carbocycles. The van der Waals surface area contributed by atoms with Gasteiger partial charge in [0.25, 0.3) is 0 Å². The number of para-hydroxylation sites is 1. The van der Waals surface area contributed by atoms with Crippen LogP contribution in [0.1, 0.15) is 24.4 Å². The fourth-order valence-corrected chi connectivity index (χ4v) is 6.94.